The van der Waals surface area contributed by atoms with Gasteiger partial charge in [0, 0.05) is 11.6 Å². The van der Waals surface area contributed by atoms with Gasteiger partial charge in [-0.05, 0) is 29.3 Å². The summed E-state index contributed by atoms with van der Waals surface area (Å²) in [6.07, 6.45) is 3.72. The summed E-state index contributed by atoms with van der Waals surface area (Å²) >= 11 is 6.64. The van der Waals surface area contributed by atoms with Gasteiger partial charge in [-0.25, -0.2) is 0 Å². The number of anilines is 2. The Morgan fingerprint density at radius 1 is 0.939 bits per heavy atom. The largest absolute Gasteiger partial charge is 0.348 e. The van der Waals surface area contributed by atoms with E-state index in [1.807, 2.05) is 77.7 Å². The molecule has 3 aromatic carbocycles. The SMILES string of the molecule is N#CC1(C#N)[C@H](c2ccccc2)[C@H](C(=O)Nc2ccccc2)N2c3c(Cl)cccc3C=C[C@@H]21. The van der Waals surface area contributed by atoms with E-state index in [1.54, 1.807) is 18.2 Å². The first-order chi connectivity index (χ1) is 16.1. The van der Waals surface area contributed by atoms with Crippen molar-refractivity contribution in [1.29, 1.82) is 10.5 Å². The molecule has 5 nitrogen and oxygen atoms in total. The van der Waals surface area contributed by atoms with Crippen LogP contribution in [0.3, 0.4) is 0 Å². The highest BCUT2D eigenvalue weighted by molar-refractivity contribution is 6.34. The fourth-order valence-corrected chi connectivity index (χ4v) is 5.34. The number of nitrogens with zero attached hydrogens (tertiary/aromatic N) is 3. The minimum Gasteiger partial charge on any atom is -0.348 e. The molecule has 6 heteroatoms. The summed E-state index contributed by atoms with van der Waals surface area (Å²) in [5.74, 6) is -0.997. The lowest BCUT2D eigenvalue weighted by molar-refractivity contribution is -0.117. The zero-order valence-electron chi connectivity index (χ0n) is 17.5. The van der Waals surface area contributed by atoms with E-state index in [1.165, 1.54) is 0 Å². The van der Waals surface area contributed by atoms with Gasteiger partial charge in [0.05, 0.1) is 28.9 Å². The first kappa shape index (κ1) is 20.8. The zero-order chi connectivity index (χ0) is 23.0. The Morgan fingerprint density at radius 3 is 2.27 bits per heavy atom. The monoisotopic (exact) mass is 450 g/mol. The van der Waals surface area contributed by atoms with Crippen LogP contribution in [0.4, 0.5) is 11.4 Å². The molecule has 0 spiro atoms. The molecule has 3 atom stereocenters. The number of hydrogen-bond acceptors (Lipinski definition) is 4. The Hall–Kier alpha value is -4.06. The standard InChI is InChI=1S/C27H19ClN4O/c28-21-13-7-10-19-14-15-22-27(16-29,17-30)23(18-8-3-1-4-9-18)25(32(22)24(19)21)26(33)31-20-11-5-2-6-12-20/h1-15,22-23,25H,(H,31,33)/t22-,23-,25-/m1/s1. The van der Waals surface area contributed by atoms with Crippen molar-refractivity contribution in [3.63, 3.8) is 0 Å². The molecule has 33 heavy (non-hydrogen) atoms. The average Bonchev–Trinajstić information content (AvgIpc) is 3.16. The molecule has 3 aromatic rings. The summed E-state index contributed by atoms with van der Waals surface area (Å²) < 4.78 is 0. The molecule has 0 unspecified atom stereocenters. The molecule has 1 fully saturated rings. The number of amides is 1. The van der Waals surface area contributed by atoms with E-state index >= 15 is 0 Å². The van der Waals surface area contributed by atoms with Gasteiger partial charge in [-0.3, -0.25) is 4.79 Å². The molecule has 1 amide bonds. The Balaban J connectivity index is 1.74. The zero-order valence-corrected chi connectivity index (χ0v) is 18.3. The number of carbonyl (C=O) groups excluding carboxylic acids is 1. The predicted octanol–water partition coefficient (Wildman–Crippen LogP) is 5.38. The van der Waals surface area contributed by atoms with Crippen LogP contribution in [-0.2, 0) is 4.79 Å². The summed E-state index contributed by atoms with van der Waals surface area (Å²) in [5, 5.41) is 24.2. The van der Waals surface area contributed by atoms with Gasteiger partial charge in [-0.1, -0.05) is 84.4 Å². The highest BCUT2D eigenvalue weighted by atomic mass is 35.5. The number of nitrogens with one attached hydrogen (secondary N) is 1. The molecule has 1 N–H and O–H groups in total. The van der Waals surface area contributed by atoms with Crippen molar-refractivity contribution in [3.8, 4) is 12.1 Å². The maximum atomic E-state index is 13.9. The van der Waals surface area contributed by atoms with E-state index < -0.39 is 23.4 Å². The molecule has 160 valence electrons. The van der Waals surface area contributed by atoms with Gasteiger partial charge in [-0.15, -0.1) is 0 Å². The Morgan fingerprint density at radius 2 is 1.61 bits per heavy atom. The molecule has 0 saturated carbocycles. The summed E-state index contributed by atoms with van der Waals surface area (Å²) in [6, 6.07) is 27.1. The summed E-state index contributed by atoms with van der Waals surface area (Å²) in [4.78, 5) is 15.7. The maximum Gasteiger partial charge on any atom is 0.247 e. The molecule has 2 heterocycles. The molecule has 5 rings (SSSR count). The van der Waals surface area contributed by atoms with Gasteiger partial charge in [0.1, 0.15) is 6.04 Å². The van der Waals surface area contributed by atoms with Crippen molar-refractivity contribution in [2.24, 2.45) is 5.41 Å². The quantitative estimate of drug-likeness (QED) is 0.581. The molecule has 0 aromatic heterocycles. The number of rotatable bonds is 3. The third kappa shape index (κ3) is 3.18. The number of benzene rings is 3. The first-order valence-electron chi connectivity index (χ1n) is 10.6. The number of nitriles is 2. The summed E-state index contributed by atoms with van der Waals surface area (Å²) in [6.45, 7) is 0. The van der Waals surface area contributed by atoms with E-state index in [-0.39, 0.29) is 5.91 Å². The van der Waals surface area contributed by atoms with Crippen LogP contribution >= 0.6 is 11.6 Å². The van der Waals surface area contributed by atoms with Crippen LogP contribution in [0.1, 0.15) is 17.0 Å². The number of halogens is 1. The number of carbonyl (C=O) groups is 1. The fraction of sp³-hybridized carbons (Fsp3) is 0.148. The van der Waals surface area contributed by atoms with E-state index in [0.717, 1.165) is 11.1 Å². The lowest BCUT2D eigenvalue weighted by Gasteiger charge is -2.36. The van der Waals surface area contributed by atoms with Crippen LogP contribution in [0, 0.1) is 28.1 Å². The number of para-hydroxylation sites is 2. The van der Waals surface area contributed by atoms with Crippen LogP contribution in [-0.4, -0.2) is 18.0 Å². The van der Waals surface area contributed by atoms with Gasteiger partial charge in [0.15, 0.2) is 5.41 Å². The Labute approximate surface area is 197 Å². The van der Waals surface area contributed by atoms with Crippen molar-refractivity contribution in [2.75, 3.05) is 10.2 Å². The van der Waals surface area contributed by atoms with Gasteiger partial charge in [-0.2, -0.15) is 10.5 Å². The molecular weight excluding hydrogens is 432 g/mol. The van der Waals surface area contributed by atoms with Crippen LogP contribution in [0.2, 0.25) is 5.02 Å². The molecule has 2 aliphatic rings. The van der Waals surface area contributed by atoms with E-state index in [9.17, 15) is 15.3 Å². The topological polar surface area (TPSA) is 79.9 Å². The van der Waals surface area contributed by atoms with Gasteiger partial charge in [0.25, 0.3) is 0 Å². The van der Waals surface area contributed by atoms with Gasteiger partial charge < -0.3 is 10.2 Å². The Kier molecular flexibility index (Phi) is 5.13. The van der Waals surface area contributed by atoms with Crippen LogP contribution in [0.15, 0.2) is 84.9 Å². The molecule has 0 radical (unpaired) electrons. The number of hydrogen-bond donors (Lipinski definition) is 1. The second-order valence-electron chi connectivity index (χ2n) is 8.17. The Bertz CT molecular complexity index is 1310. The normalized spacial score (nSPS) is 21.9. The molecule has 0 aliphatic carbocycles. The molecule has 2 aliphatic heterocycles. The molecular formula is C27H19ClN4O. The van der Waals surface area contributed by atoms with Crippen molar-refractivity contribution < 1.29 is 4.79 Å². The van der Waals surface area contributed by atoms with Gasteiger partial charge in [0.2, 0.25) is 5.91 Å². The third-order valence-electron chi connectivity index (χ3n) is 6.45. The maximum absolute atomic E-state index is 13.9. The second-order valence-corrected chi connectivity index (χ2v) is 8.58. The van der Waals surface area contributed by atoms with Crippen LogP contribution in [0.25, 0.3) is 6.08 Å². The smallest absolute Gasteiger partial charge is 0.247 e. The molecule has 0 bridgehead atoms. The molecule has 1 saturated heterocycles. The van der Waals surface area contributed by atoms with Crippen molar-refractivity contribution >= 4 is 35.0 Å². The van der Waals surface area contributed by atoms with E-state index in [4.69, 9.17) is 11.6 Å². The predicted molar refractivity (Wildman–Crippen MR) is 128 cm³/mol. The first-order valence-corrected chi connectivity index (χ1v) is 11.0. The van der Waals surface area contributed by atoms with Crippen molar-refractivity contribution in [1.82, 2.24) is 0 Å². The summed E-state index contributed by atoms with van der Waals surface area (Å²) in [5.41, 5.74) is 1.41. The highest BCUT2D eigenvalue weighted by Gasteiger charge is 2.63. The lowest BCUT2D eigenvalue weighted by Crippen LogP contribution is -2.46. The average molecular weight is 451 g/mol. The lowest BCUT2D eigenvalue weighted by atomic mass is 9.70. The second kappa shape index (κ2) is 8.13. The third-order valence-corrected chi connectivity index (χ3v) is 6.75. The van der Waals surface area contributed by atoms with Crippen molar-refractivity contribution in [3.05, 3.63) is 101 Å². The van der Waals surface area contributed by atoms with E-state index in [0.29, 0.717) is 16.4 Å². The van der Waals surface area contributed by atoms with Gasteiger partial charge >= 0.3 is 0 Å². The fourth-order valence-electron chi connectivity index (χ4n) is 5.06. The minimum atomic E-state index is -1.49. The highest BCUT2D eigenvalue weighted by Crippen LogP contribution is 2.56. The number of fused-ring (bicyclic) bond motifs is 3. The summed E-state index contributed by atoms with van der Waals surface area (Å²) in [7, 11) is 0. The van der Waals surface area contributed by atoms with Crippen molar-refractivity contribution in [2.45, 2.75) is 18.0 Å². The van der Waals surface area contributed by atoms with Crippen LogP contribution in [0.5, 0.6) is 0 Å². The van der Waals surface area contributed by atoms with Crippen LogP contribution < -0.4 is 10.2 Å². The van der Waals surface area contributed by atoms with E-state index in [2.05, 4.69) is 17.5 Å². The minimum absolute atomic E-state index is 0.298.